The maximum atomic E-state index is 14.9. The first-order valence-electron chi connectivity index (χ1n) is 13.7. The molecule has 7 nitrogen and oxygen atoms in total. The van der Waals surface area contributed by atoms with Crippen LogP contribution in [0.15, 0.2) is 24.8 Å². The normalized spacial score (nSPS) is 41.1. The Labute approximate surface area is 223 Å². The fourth-order valence-electron chi connectivity index (χ4n) is 8.69. The van der Waals surface area contributed by atoms with Gasteiger partial charge in [-0.15, -0.1) is 6.58 Å². The van der Waals surface area contributed by atoms with Gasteiger partial charge in [-0.25, -0.2) is 9.18 Å². The molecule has 9 heteroatoms. The molecular weight excluding hydrogens is 490 g/mol. The van der Waals surface area contributed by atoms with Gasteiger partial charge in [-0.1, -0.05) is 33.8 Å². The third kappa shape index (κ3) is 3.72. The Morgan fingerprint density at radius 2 is 2.03 bits per heavy atom. The number of ketones is 1. The summed E-state index contributed by atoms with van der Waals surface area (Å²) in [6.07, 6.45) is 2.38. The minimum absolute atomic E-state index is 0.0154. The number of rotatable bonds is 5. The third-order valence-corrected chi connectivity index (χ3v) is 11.2. The number of aliphatic hydroxyl groups is 1. The zero-order valence-corrected chi connectivity index (χ0v) is 22.6. The van der Waals surface area contributed by atoms with Crippen molar-refractivity contribution in [3.8, 4) is 5.75 Å². The summed E-state index contributed by atoms with van der Waals surface area (Å²) in [5.41, 5.74) is -1.59. The first-order chi connectivity index (χ1) is 17.8. The number of carboxylic acids is 1. The predicted octanol–water partition coefficient (Wildman–Crippen LogP) is 3.49. The molecule has 1 aromatic rings. The van der Waals surface area contributed by atoms with Gasteiger partial charge in [-0.05, 0) is 59.9 Å². The van der Waals surface area contributed by atoms with Crippen LogP contribution in [-0.2, 0) is 20.9 Å². The maximum Gasteiger partial charge on any atom is 0.492 e. The third-order valence-electron chi connectivity index (χ3n) is 11.2. The highest BCUT2D eigenvalue weighted by molar-refractivity contribution is 6.61. The Morgan fingerprint density at radius 1 is 1.32 bits per heavy atom. The van der Waals surface area contributed by atoms with E-state index in [4.69, 9.17) is 9.39 Å². The van der Waals surface area contributed by atoms with Crippen molar-refractivity contribution in [2.24, 2.45) is 39.9 Å². The van der Waals surface area contributed by atoms with E-state index in [9.17, 15) is 29.2 Å². The molecule has 2 bridgehead atoms. The number of fused-ring (bicyclic) bond motifs is 1. The number of aliphatic hydroxyl groups excluding tert-OH is 1. The van der Waals surface area contributed by atoms with Crippen LogP contribution in [0.2, 0.25) is 0 Å². The smallest absolute Gasteiger partial charge is 0.478 e. The summed E-state index contributed by atoms with van der Waals surface area (Å²) in [5, 5.41) is 32.4. The van der Waals surface area contributed by atoms with Crippen molar-refractivity contribution in [1.29, 1.82) is 0 Å². The first-order valence-corrected chi connectivity index (χ1v) is 13.7. The van der Waals surface area contributed by atoms with E-state index in [1.54, 1.807) is 6.08 Å². The fourth-order valence-corrected chi connectivity index (χ4v) is 8.69. The second-order valence-corrected chi connectivity index (χ2v) is 12.7. The molecule has 0 aromatic heterocycles. The topological polar surface area (TPSA) is 113 Å². The second kappa shape index (κ2) is 9.17. The summed E-state index contributed by atoms with van der Waals surface area (Å²) in [6.45, 7) is 12.0. The number of halogens is 1. The van der Waals surface area contributed by atoms with Crippen LogP contribution in [0.5, 0.6) is 5.75 Å². The number of hydrogen-bond donors (Lipinski definition) is 3. The molecule has 3 aliphatic carbocycles. The van der Waals surface area contributed by atoms with E-state index in [1.165, 1.54) is 6.07 Å². The summed E-state index contributed by atoms with van der Waals surface area (Å²) < 4.78 is 26.1. The summed E-state index contributed by atoms with van der Waals surface area (Å²) in [4.78, 5) is 26.6. The predicted molar refractivity (Wildman–Crippen MR) is 139 cm³/mol. The molecule has 0 spiro atoms. The molecule has 1 unspecified atom stereocenters. The highest BCUT2D eigenvalue weighted by Gasteiger charge is 2.69. The largest absolute Gasteiger partial charge is 0.492 e. The highest BCUT2D eigenvalue weighted by atomic mass is 19.1. The quantitative estimate of drug-likeness (QED) is 0.396. The average molecular weight is 528 g/mol. The molecule has 0 radical (unpaired) electrons. The van der Waals surface area contributed by atoms with Crippen LogP contribution in [0.4, 0.5) is 4.39 Å². The van der Waals surface area contributed by atoms with Gasteiger partial charge in [0.2, 0.25) is 0 Å². The highest BCUT2D eigenvalue weighted by Crippen LogP contribution is 2.69. The molecule has 5 rings (SSSR count). The molecule has 0 saturated heterocycles. The van der Waals surface area contributed by atoms with Crippen molar-refractivity contribution >= 4 is 24.3 Å². The van der Waals surface area contributed by atoms with Crippen molar-refractivity contribution in [3.63, 3.8) is 0 Å². The number of Topliss-reactive ketones (excluding diaryl/α,β-unsaturated/α-hetero) is 1. The molecular formula is C29H38BFO7. The molecule has 38 heavy (non-hydrogen) atoms. The molecule has 4 aliphatic rings. The zero-order valence-electron chi connectivity index (χ0n) is 22.6. The molecule has 206 valence electrons. The molecule has 9 atom stereocenters. The summed E-state index contributed by atoms with van der Waals surface area (Å²) in [6, 6.07) is 2.55. The number of carboxylic acid groups (broad SMARTS) is 1. The summed E-state index contributed by atoms with van der Waals surface area (Å²) in [7, 11) is -1.32. The number of ether oxygens (including phenoxy) is 1. The van der Waals surface area contributed by atoms with Crippen molar-refractivity contribution in [3.05, 3.63) is 36.2 Å². The maximum absolute atomic E-state index is 14.9. The molecule has 1 aromatic carbocycles. The van der Waals surface area contributed by atoms with Crippen LogP contribution in [0.1, 0.15) is 65.4 Å². The fraction of sp³-hybridized carbons (Fsp3) is 0.655. The van der Waals surface area contributed by atoms with Crippen molar-refractivity contribution in [2.75, 3.05) is 0 Å². The van der Waals surface area contributed by atoms with Gasteiger partial charge in [0.1, 0.15) is 17.3 Å². The molecule has 0 amide bonds. The van der Waals surface area contributed by atoms with E-state index in [-0.39, 0.29) is 47.4 Å². The standard InChI is InChI=1S/C29H38BFO7/c1-6-27(4)13-19(23(26(34)35)38-17-11-20-18(21(31)12-17)14-37-30(20)36)28(5)15(2)7-9-29(16(3)25(27)33)10-8-22(32)24(28)29/h6,11-12,15-16,19,23-25,33,36H,1,7-10,13-14H2,2-5H3,(H,34,35)/t15-,16+,19+,23?,24+,25+,27-,28-,29+/m1/s1. The van der Waals surface area contributed by atoms with Gasteiger partial charge < -0.3 is 24.6 Å². The Balaban J connectivity index is 1.66. The lowest BCUT2D eigenvalue weighted by atomic mass is 9.41. The van der Waals surface area contributed by atoms with Crippen LogP contribution >= 0.6 is 0 Å². The Morgan fingerprint density at radius 3 is 2.68 bits per heavy atom. The van der Waals surface area contributed by atoms with Crippen LogP contribution < -0.4 is 10.2 Å². The molecule has 3 saturated carbocycles. The van der Waals surface area contributed by atoms with E-state index in [0.717, 1.165) is 18.9 Å². The van der Waals surface area contributed by atoms with Gasteiger partial charge in [0.05, 0.1) is 12.7 Å². The minimum atomic E-state index is -1.43. The van der Waals surface area contributed by atoms with Gasteiger partial charge in [-0.3, -0.25) is 4.79 Å². The van der Waals surface area contributed by atoms with E-state index in [1.807, 2.05) is 20.8 Å². The average Bonchev–Trinajstić information content (AvgIpc) is 3.43. The van der Waals surface area contributed by atoms with E-state index in [2.05, 4.69) is 13.5 Å². The number of carbonyl (C=O) groups excluding carboxylic acids is 1. The van der Waals surface area contributed by atoms with Crippen LogP contribution in [0.3, 0.4) is 0 Å². The lowest BCUT2D eigenvalue weighted by Crippen LogP contribution is -2.63. The van der Waals surface area contributed by atoms with Crippen molar-refractivity contribution in [2.45, 2.75) is 78.6 Å². The molecule has 3 N–H and O–H groups in total. The number of aliphatic carboxylic acids is 1. The SMILES string of the molecule is C=C[C@]1(C)C[C@@H](C(Oc2cc(F)c3c(c2)B(O)OC3)C(=O)O)[C@@]2(C)[C@H](C)CC[C@]3(CCC(=O)[C@H]32)[C@@H](C)[C@@H]1O. The first kappa shape index (κ1) is 27.3. The van der Waals surface area contributed by atoms with Crippen LogP contribution in [0.25, 0.3) is 0 Å². The monoisotopic (exact) mass is 528 g/mol. The molecule has 1 heterocycles. The number of hydrogen-bond acceptors (Lipinski definition) is 6. The van der Waals surface area contributed by atoms with Gasteiger partial charge in [0.15, 0.2) is 6.10 Å². The minimum Gasteiger partial charge on any atom is -0.478 e. The Bertz CT molecular complexity index is 1170. The number of benzene rings is 1. The van der Waals surface area contributed by atoms with Crippen LogP contribution in [-0.4, -0.2) is 46.3 Å². The van der Waals surface area contributed by atoms with E-state index < -0.39 is 59.2 Å². The molecule has 3 fully saturated rings. The lowest BCUT2D eigenvalue weighted by molar-refractivity contribution is -0.193. The lowest BCUT2D eigenvalue weighted by Gasteiger charge is -2.63. The zero-order chi connectivity index (χ0) is 27.8. The van der Waals surface area contributed by atoms with Gasteiger partial charge in [0.25, 0.3) is 0 Å². The number of carbonyl (C=O) groups is 2. The van der Waals surface area contributed by atoms with Gasteiger partial charge >= 0.3 is 13.1 Å². The van der Waals surface area contributed by atoms with Crippen LogP contribution in [0, 0.1) is 45.7 Å². The molecule has 1 aliphatic heterocycles. The van der Waals surface area contributed by atoms with Gasteiger partial charge in [0, 0.05) is 35.3 Å². The van der Waals surface area contributed by atoms with E-state index in [0.29, 0.717) is 12.8 Å². The Hall–Kier alpha value is -2.23. The Kier molecular flexibility index (Phi) is 6.60. The van der Waals surface area contributed by atoms with Crippen molar-refractivity contribution < 1.29 is 38.6 Å². The van der Waals surface area contributed by atoms with Crippen molar-refractivity contribution in [1.82, 2.24) is 0 Å². The summed E-state index contributed by atoms with van der Waals surface area (Å²) >= 11 is 0. The second-order valence-electron chi connectivity index (χ2n) is 12.7. The van der Waals surface area contributed by atoms with E-state index >= 15 is 0 Å². The van der Waals surface area contributed by atoms with Gasteiger partial charge in [-0.2, -0.15) is 0 Å². The summed E-state index contributed by atoms with van der Waals surface area (Å²) in [5.74, 6) is -3.03.